The summed E-state index contributed by atoms with van der Waals surface area (Å²) in [7, 11) is -3.83. The molecule has 1 amide bonds. The molecule has 1 N–H and O–H groups in total. The first-order chi connectivity index (χ1) is 18.8. The zero-order chi connectivity index (χ0) is 27.4. The second-order valence-corrected chi connectivity index (χ2v) is 11.3. The van der Waals surface area contributed by atoms with E-state index in [2.05, 4.69) is 14.6 Å². The van der Waals surface area contributed by atoms with E-state index in [0.29, 0.717) is 35.8 Å². The van der Waals surface area contributed by atoms with Crippen LogP contribution in [0.3, 0.4) is 0 Å². The molecule has 9 nitrogen and oxygen atoms in total. The number of ether oxygens (including phenoxy) is 1. The number of sulfonamides is 1. The summed E-state index contributed by atoms with van der Waals surface area (Å²) in [6, 6.07) is 19.1. The Morgan fingerprint density at radius 2 is 1.67 bits per heavy atom. The van der Waals surface area contributed by atoms with Crippen LogP contribution < -0.4 is 9.46 Å². The Morgan fingerprint density at radius 3 is 2.36 bits per heavy atom. The fraction of sp³-hybridized carbons (Fsp3) is 0.276. The minimum Gasteiger partial charge on any atom is -0.427 e. The van der Waals surface area contributed by atoms with Gasteiger partial charge in [0.25, 0.3) is 15.9 Å². The lowest BCUT2D eigenvalue weighted by molar-refractivity contribution is -0.131. The summed E-state index contributed by atoms with van der Waals surface area (Å²) in [4.78, 5) is 32.7. The Kier molecular flexibility index (Phi) is 7.76. The molecule has 2 heterocycles. The predicted octanol–water partition coefficient (Wildman–Crippen LogP) is 4.02. The smallest absolute Gasteiger partial charge is 0.308 e. The average molecular weight is 547 g/mol. The Hall–Kier alpha value is -4.02. The molecular weight excluding hydrogens is 516 g/mol. The van der Waals surface area contributed by atoms with Crippen molar-refractivity contribution >= 4 is 39.5 Å². The molecular formula is C29H30N4O5S. The number of rotatable bonds is 7. The van der Waals surface area contributed by atoms with Gasteiger partial charge in [0.1, 0.15) is 10.6 Å². The minimum atomic E-state index is -3.83. The van der Waals surface area contributed by atoms with Crippen LogP contribution in [-0.2, 0) is 27.8 Å². The van der Waals surface area contributed by atoms with E-state index < -0.39 is 10.0 Å². The van der Waals surface area contributed by atoms with Crippen LogP contribution >= 0.6 is 0 Å². The molecule has 10 heteroatoms. The van der Waals surface area contributed by atoms with E-state index in [1.807, 2.05) is 23.1 Å². The molecule has 3 aromatic carbocycles. The van der Waals surface area contributed by atoms with Crippen molar-refractivity contribution in [1.29, 1.82) is 0 Å². The Balaban J connectivity index is 1.16. The number of hydrogen-bond donors (Lipinski definition) is 1. The quantitative estimate of drug-likeness (QED) is 0.354. The molecule has 0 spiro atoms. The van der Waals surface area contributed by atoms with E-state index in [1.165, 1.54) is 6.92 Å². The van der Waals surface area contributed by atoms with E-state index in [9.17, 15) is 18.0 Å². The molecule has 2 aliphatic heterocycles. The summed E-state index contributed by atoms with van der Waals surface area (Å²) in [5.74, 6) is 0.0926. The number of para-hydroxylation sites is 1. The lowest BCUT2D eigenvalue weighted by Gasteiger charge is -2.34. The molecule has 5 rings (SSSR count). The zero-order valence-electron chi connectivity index (χ0n) is 21.7. The molecule has 39 heavy (non-hydrogen) atoms. The van der Waals surface area contributed by atoms with Crippen LogP contribution in [0.4, 0.5) is 11.4 Å². The van der Waals surface area contributed by atoms with Crippen LogP contribution in [-0.4, -0.2) is 62.5 Å². The van der Waals surface area contributed by atoms with E-state index >= 15 is 0 Å². The second-order valence-electron chi connectivity index (χ2n) is 9.60. The normalized spacial score (nSPS) is 15.5. The van der Waals surface area contributed by atoms with Crippen molar-refractivity contribution < 1.29 is 22.7 Å². The Bertz CT molecular complexity index is 1490. The van der Waals surface area contributed by atoms with Crippen LogP contribution in [0.2, 0.25) is 0 Å². The first-order valence-electron chi connectivity index (χ1n) is 12.8. The first-order valence-corrected chi connectivity index (χ1v) is 14.3. The number of aliphatic imine (C=N–C) groups is 1. The number of carbonyl (C=O) groups is 2. The molecule has 1 saturated heterocycles. The van der Waals surface area contributed by atoms with Crippen molar-refractivity contribution in [2.24, 2.45) is 4.99 Å². The van der Waals surface area contributed by atoms with Gasteiger partial charge in [-0.2, -0.15) is 0 Å². The molecule has 0 bridgehead atoms. The van der Waals surface area contributed by atoms with Crippen molar-refractivity contribution in [3.8, 4) is 5.75 Å². The molecule has 0 atom stereocenters. The van der Waals surface area contributed by atoms with Crippen molar-refractivity contribution in [2.45, 2.75) is 31.2 Å². The zero-order valence-corrected chi connectivity index (χ0v) is 22.5. The molecule has 0 unspecified atom stereocenters. The molecule has 0 aromatic heterocycles. The summed E-state index contributed by atoms with van der Waals surface area (Å²) < 4.78 is 33.8. The number of benzene rings is 3. The van der Waals surface area contributed by atoms with E-state index in [0.717, 1.165) is 43.6 Å². The maximum atomic E-state index is 13.1. The highest BCUT2D eigenvalue weighted by Crippen LogP contribution is 2.32. The highest BCUT2D eigenvalue weighted by Gasteiger charge is 2.24. The number of carbonyl (C=O) groups excluding carboxylic acids is 2. The maximum Gasteiger partial charge on any atom is 0.308 e. The molecule has 202 valence electrons. The number of nitrogens with one attached hydrogen (secondary N) is 1. The van der Waals surface area contributed by atoms with Gasteiger partial charge in [0, 0.05) is 57.1 Å². The molecule has 1 fully saturated rings. The number of aryl methyl sites for hydroxylation is 1. The van der Waals surface area contributed by atoms with E-state index in [4.69, 9.17) is 4.74 Å². The fourth-order valence-corrected chi connectivity index (χ4v) is 6.03. The number of piperazine rings is 1. The van der Waals surface area contributed by atoms with Gasteiger partial charge < -0.3 is 9.64 Å². The van der Waals surface area contributed by atoms with Crippen LogP contribution in [0.1, 0.15) is 34.8 Å². The summed E-state index contributed by atoms with van der Waals surface area (Å²) in [5, 5.41) is 0. The van der Waals surface area contributed by atoms with Crippen molar-refractivity contribution in [3.05, 3.63) is 83.4 Å². The first kappa shape index (κ1) is 26.6. The lowest BCUT2D eigenvalue weighted by atomic mass is 10.1. The third kappa shape index (κ3) is 6.35. The number of anilines is 1. The Labute approximate surface area is 228 Å². The number of esters is 1. The van der Waals surface area contributed by atoms with Crippen LogP contribution in [0.15, 0.2) is 76.6 Å². The summed E-state index contributed by atoms with van der Waals surface area (Å²) in [5.41, 5.74) is 3.40. The number of hydrogen-bond acceptors (Lipinski definition) is 7. The summed E-state index contributed by atoms with van der Waals surface area (Å²) >= 11 is 0. The second kappa shape index (κ2) is 11.4. The predicted molar refractivity (Wildman–Crippen MR) is 149 cm³/mol. The largest absolute Gasteiger partial charge is 0.427 e. The van der Waals surface area contributed by atoms with Gasteiger partial charge in [-0.05, 0) is 66.4 Å². The van der Waals surface area contributed by atoms with Gasteiger partial charge in [-0.3, -0.25) is 24.2 Å². The molecule has 0 saturated carbocycles. The fourth-order valence-electron chi connectivity index (χ4n) is 4.78. The molecule has 2 aliphatic rings. The monoisotopic (exact) mass is 546 g/mol. The molecule has 0 radical (unpaired) electrons. The summed E-state index contributed by atoms with van der Waals surface area (Å²) in [6.45, 7) is 4.78. The van der Waals surface area contributed by atoms with E-state index in [1.54, 1.807) is 54.7 Å². The van der Waals surface area contributed by atoms with Crippen LogP contribution in [0, 0.1) is 0 Å². The molecule has 3 aromatic rings. The van der Waals surface area contributed by atoms with Crippen molar-refractivity contribution in [2.75, 3.05) is 30.9 Å². The SMILES string of the molecule is CC(=O)Oc1ccc(CN2CCN(C(=O)c3ccc(NS(=O)(=O)c4cccc5c4N=CCC5)cc3)CC2)cc1. The highest BCUT2D eigenvalue weighted by atomic mass is 32.2. The third-order valence-electron chi connectivity index (χ3n) is 6.77. The molecule has 0 aliphatic carbocycles. The summed E-state index contributed by atoms with van der Waals surface area (Å²) in [6.07, 6.45) is 3.30. The van der Waals surface area contributed by atoms with Gasteiger partial charge in [0.15, 0.2) is 0 Å². The van der Waals surface area contributed by atoms with Gasteiger partial charge >= 0.3 is 5.97 Å². The van der Waals surface area contributed by atoms with Gasteiger partial charge in [-0.1, -0.05) is 24.3 Å². The number of amides is 1. The number of nitrogens with zero attached hydrogens (tertiary/aromatic N) is 3. The van der Waals surface area contributed by atoms with Crippen molar-refractivity contribution in [1.82, 2.24) is 9.80 Å². The maximum absolute atomic E-state index is 13.1. The van der Waals surface area contributed by atoms with Crippen LogP contribution in [0.25, 0.3) is 0 Å². The van der Waals surface area contributed by atoms with Gasteiger partial charge in [-0.15, -0.1) is 0 Å². The lowest BCUT2D eigenvalue weighted by Crippen LogP contribution is -2.48. The highest BCUT2D eigenvalue weighted by molar-refractivity contribution is 7.92. The van der Waals surface area contributed by atoms with Crippen LogP contribution in [0.5, 0.6) is 5.75 Å². The van der Waals surface area contributed by atoms with Gasteiger partial charge in [0.2, 0.25) is 0 Å². The Morgan fingerprint density at radius 1 is 0.949 bits per heavy atom. The van der Waals surface area contributed by atoms with Gasteiger partial charge in [-0.25, -0.2) is 8.42 Å². The van der Waals surface area contributed by atoms with Gasteiger partial charge in [0.05, 0.1) is 5.69 Å². The van der Waals surface area contributed by atoms with Crippen molar-refractivity contribution in [3.63, 3.8) is 0 Å². The minimum absolute atomic E-state index is 0.0822. The number of fused-ring (bicyclic) bond motifs is 1. The average Bonchev–Trinajstić information content (AvgIpc) is 2.94. The van der Waals surface area contributed by atoms with E-state index in [-0.39, 0.29) is 16.8 Å². The third-order valence-corrected chi connectivity index (χ3v) is 8.18. The topological polar surface area (TPSA) is 108 Å². The standard InChI is InChI=1S/C29H30N4O5S/c1-21(34)38-26-13-7-22(8-14-26)20-32-16-18-33(19-17-32)29(35)24-9-11-25(12-10-24)31-39(36,37)27-6-2-4-23-5-3-15-30-28(23)27/h2,4,6-15,31H,3,5,16-20H2,1H3.